The van der Waals surface area contributed by atoms with Crippen molar-refractivity contribution >= 4 is 34.7 Å². The molecule has 13 fully saturated rings. The second-order valence-corrected chi connectivity index (χ2v) is 45.4. The van der Waals surface area contributed by atoms with Crippen molar-refractivity contribution in [2.24, 2.45) is 17.8 Å². The maximum atomic E-state index is 12.7. The largest absolute Gasteiger partial charge is 0.504 e. The van der Waals surface area contributed by atoms with E-state index in [4.69, 9.17) is 37.9 Å². The molecule has 31 rings (SSSR count). The Labute approximate surface area is 840 Å². The summed E-state index contributed by atoms with van der Waals surface area (Å²) in [6.07, 6.45) is 17.8. The average Bonchev–Trinajstić information content (AvgIpc) is 1.52. The van der Waals surface area contributed by atoms with Gasteiger partial charge in [0.05, 0.1) is 58.3 Å². The zero-order chi connectivity index (χ0) is 94.3. The van der Waals surface area contributed by atoms with E-state index in [1.807, 2.05) is 49.5 Å². The van der Waals surface area contributed by atoms with E-state index in [1.165, 1.54) is 35.1 Å². The van der Waals surface area contributed by atoms with Crippen LogP contribution in [0.25, 0.3) is 0 Å². The summed E-state index contributed by atoms with van der Waals surface area (Å²) in [5, 5.41) is 88.2. The number of benzene rings is 6. The predicted molar refractivity (Wildman–Crippen MR) is 537 cm³/mol. The number of aliphatic hydroxyl groups is 4. The van der Waals surface area contributed by atoms with E-state index in [0.29, 0.717) is 142 Å². The van der Waals surface area contributed by atoms with E-state index in [0.717, 1.165) is 185 Å². The smallest absolute Gasteiger partial charge is 0.174 e. The molecular formula is C115H148N6O22. The minimum absolute atomic E-state index is 0. The van der Waals surface area contributed by atoms with Crippen LogP contribution in [-0.2, 0) is 99.8 Å². The quantitative estimate of drug-likeness (QED) is 0.0718. The maximum Gasteiger partial charge on any atom is 0.174 e. The van der Waals surface area contributed by atoms with Gasteiger partial charge < -0.3 is 98.3 Å². The third-order valence-corrected chi connectivity index (χ3v) is 40.5. The Morgan fingerprint density at radius 1 is 0.336 bits per heavy atom. The number of ether oxygens (including phenoxy) is 8. The van der Waals surface area contributed by atoms with E-state index >= 15 is 0 Å². The highest BCUT2D eigenvalue weighted by Crippen LogP contribution is 2.73. The van der Waals surface area contributed by atoms with Crippen molar-refractivity contribution < 1.29 is 108 Å². The van der Waals surface area contributed by atoms with Gasteiger partial charge in [0.25, 0.3) is 0 Å². The number of hydrogen-bond acceptors (Lipinski definition) is 28. The number of carbonyl (C=O) groups excluding carboxylic acids is 6. The molecule has 24 atom stereocenters. The second-order valence-electron chi connectivity index (χ2n) is 45.4. The molecule has 28 heteroatoms. The lowest BCUT2D eigenvalue weighted by molar-refractivity contribution is -0.188. The summed E-state index contributed by atoms with van der Waals surface area (Å²) in [7, 11) is 11.9. The number of aromatic hydroxyl groups is 4. The highest BCUT2D eigenvalue weighted by Gasteiger charge is 2.79. The summed E-state index contributed by atoms with van der Waals surface area (Å²) < 4.78 is 47.4. The average molecular weight is 1970 g/mol. The lowest BCUT2D eigenvalue weighted by Gasteiger charge is -2.62. The Kier molecular flexibility index (Phi) is 24.0. The van der Waals surface area contributed by atoms with Crippen LogP contribution in [0.4, 0.5) is 0 Å². The van der Waals surface area contributed by atoms with Crippen LogP contribution in [0, 0.1) is 17.8 Å². The minimum Gasteiger partial charge on any atom is -0.504 e. The van der Waals surface area contributed by atoms with Crippen LogP contribution in [0.5, 0.6) is 69.0 Å². The summed E-state index contributed by atoms with van der Waals surface area (Å²) in [5.74, 6) is 7.90. The number of phenols is 4. The maximum absolute atomic E-state index is 12.7. The first-order chi connectivity index (χ1) is 65.9. The van der Waals surface area contributed by atoms with E-state index in [9.17, 15) is 69.6 Å². The molecule has 24 unspecified atom stereocenters. The van der Waals surface area contributed by atoms with Crippen LogP contribution in [0.2, 0.25) is 0 Å². The molecule has 6 saturated heterocycles. The number of ketones is 6. The number of phenolic OH excluding ortho intramolecular Hbond substituents is 4. The molecule has 6 spiro atoms. The molecule has 12 bridgehead atoms. The van der Waals surface area contributed by atoms with Crippen LogP contribution in [0.3, 0.4) is 0 Å². The van der Waals surface area contributed by atoms with Gasteiger partial charge >= 0.3 is 0 Å². The highest BCUT2D eigenvalue weighted by molar-refractivity contribution is 5.95. The molecular weight excluding hydrogens is 1820 g/mol. The van der Waals surface area contributed by atoms with Gasteiger partial charge in [0.2, 0.25) is 0 Å². The Balaban J connectivity index is 0.000000104. The summed E-state index contributed by atoms with van der Waals surface area (Å²) in [6.45, 7) is 11.1. The van der Waals surface area contributed by atoms with E-state index in [1.54, 1.807) is 38.5 Å². The van der Waals surface area contributed by atoms with Crippen LogP contribution >= 0.6 is 0 Å². The normalized spacial score (nSPS) is 38.6. The molecule has 6 aromatic rings. The van der Waals surface area contributed by atoms with Crippen molar-refractivity contribution in [1.82, 2.24) is 29.4 Å². The number of piperidine rings is 6. The van der Waals surface area contributed by atoms with Gasteiger partial charge in [-0.2, -0.15) is 0 Å². The number of Topliss-reactive ketones (excluding diaryl/α,β-unsaturated/α-hetero) is 6. The van der Waals surface area contributed by atoms with Gasteiger partial charge in [-0.1, -0.05) is 87.0 Å². The van der Waals surface area contributed by atoms with Gasteiger partial charge in [-0.25, -0.2) is 0 Å². The topological polar surface area (TPSA) is 358 Å². The second kappa shape index (κ2) is 34.2. The number of hydrogen-bond donors (Lipinski definition) is 8. The Hall–Kier alpha value is -9.72. The Bertz CT molecular complexity index is 6300. The molecule has 0 aromatic heterocycles. The van der Waals surface area contributed by atoms with E-state index in [-0.39, 0.29) is 149 Å². The molecule has 770 valence electrons. The molecule has 13 aliphatic carbocycles. The molecule has 143 heavy (non-hydrogen) atoms. The first kappa shape index (κ1) is 101. The number of methoxy groups -OCH3 is 2. The van der Waals surface area contributed by atoms with Gasteiger partial charge in [0.1, 0.15) is 0 Å². The van der Waals surface area contributed by atoms with Crippen molar-refractivity contribution in [2.45, 2.75) is 339 Å². The Morgan fingerprint density at radius 2 is 0.622 bits per heavy atom. The zero-order valence-electron chi connectivity index (χ0n) is 78.9. The van der Waals surface area contributed by atoms with Crippen molar-refractivity contribution in [3.8, 4) is 69.0 Å². The fraction of sp³-hybridized carbons (Fsp3) is 0.617. The van der Waals surface area contributed by atoms with Crippen LogP contribution in [0.1, 0.15) is 240 Å². The van der Waals surface area contributed by atoms with Gasteiger partial charge in [-0.05, 0) is 277 Å². The molecule has 0 amide bonds. The van der Waals surface area contributed by atoms with Crippen molar-refractivity contribution in [1.29, 1.82) is 0 Å². The molecule has 8 N–H and O–H groups in total. The first-order valence-corrected chi connectivity index (χ1v) is 50.7. The summed E-state index contributed by atoms with van der Waals surface area (Å²) in [5.41, 5.74) is 6.65. The molecule has 25 aliphatic rings. The van der Waals surface area contributed by atoms with Crippen molar-refractivity contribution in [3.05, 3.63) is 152 Å². The standard InChI is InChI=1S/C20H23NO4.C19H21NO4.C18H21NO4.C18H21NO3.C17H19NO4.C17H19NO3.6CH4/c22-13-4-3-12-9-15-20(24)6-5-14(23)18-19(20,16(12)17(13)25-18)7-8-21(15)10-11-1-2-11;1-2-8-20-9-7-18-15-11-3-4-12(21)16(15)24-17(18)13(22)5-6-19(18,23)14(20)10-11;1-19-8-7-17-14-10-3-4-12(22-2)15(14)23-16(17)11(20)5-6-18(17,21)13(19)9-10;1-19-8-7-18-11-4-5-13(20)17(18)22-16-14(21-2)6-3-10(15(16)18)9-12(11)19;1-18-7-6-16-13-9-2-3-10(19)14(13)22-15(16)11(20)4-5-17(16,21)12(18)8-9;1-18-7-6-17-10-3-5-13(20)16(17)21-15-12(19)4-2-9(14(15)17)8-11(10)18;;;;;;/h3-4,11,15,18,22,24H,1-2,5-10H2;2-4,14,17,21,23H,1,5-10H2;3-4,13,16,21H,5-9H2,1-2H3;3,6,11-12,17H,4-5,7-9H2,1-2H3;2-3,12,15,19,21H,4-8H2,1H3;2,4,10-11,16,19H,3,5-8H2,1H3;6*1H4. The third kappa shape index (κ3) is 12.5. The van der Waals surface area contributed by atoms with Crippen molar-refractivity contribution in [2.75, 3.05) is 94.8 Å². The van der Waals surface area contributed by atoms with Crippen molar-refractivity contribution in [3.63, 3.8) is 0 Å². The van der Waals surface area contributed by atoms with E-state index < -0.39 is 68.5 Å². The number of carbonyl (C=O) groups is 6. The monoisotopic (exact) mass is 1970 g/mol. The predicted octanol–water partition coefficient (Wildman–Crippen LogP) is 12.0. The number of nitrogens with zero attached hydrogens (tertiary/aromatic N) is 6. The number of rotatable bonds is 6. The zero-order valence-corrected chi connectivity index (χ0v) is 78.9. The Morgan fingerprint density at radius 3 is 1.00 bits per heavy atom. The fourth-order valence-corrected chi connectivity index (χ4v) is 34.5. The van der Waals surface area contributed by atoms with Gasteiger partial charge in [-0.15, -0.1) is 6.58 Å². The molecule has 7 saturated carbocycles. The molecule has 12 aliphatic heterocycles. The summed E-state index contributed by atoms with van der Waals surface area (Å²) in [6, 6.07) is 23.8. The fourth-order valence-electron chi connectivity index (χ4n) is 34.5. The lowest BCUT2D eigenvalue weighted by Crippen LogP contribution is -2.76. The minimum atomic E-state index is -1.00. The number of likely N-dealkylation sites (tertiary alicyclic amines) is 6. The van der Waals surface area contributed by atoms with Gasteiger partial charge in [-0.3, -0.25) is 38.6 Å². The summed E-state index contributed by atoms with van der Waals surface area (Å²) >= 11 is 0. The lowest BCUT2D eigenvalue weighted by atomic mass is 9.49. The molecule has 0 radical (unpaired) electrons. The molecule has 12 heterocycles. The SMILES string of the molecule is C.C.C.C.C.C.C=CCN1CCC23c4c5ccc(O)c4OC2C(=O)CCC3(O)C1C5.CN1CCC23c4c5ccc(O)c4OC2C(=O)CCC3(O)C1C5.CN1CCC23c4c5ccc(O)c4OC2C(=O)CCC3C1C5.COc1ccc2c3c1OC1C(=O)CCC4(O)C(C2)N(C)CCC314.COc1ccc2c3c1OC1C(=O)CCC4C(C2)N(C)CCC314.O=C1CCC2(O)C3Cc4ccc(O)c5c4C2(CCN3CC2CC2)C1O5. The number of likely N-dealkylation sites (N-methyl/N-ethyl adjacent to an activating group) is 4. The first-order valence-electron chi connectivity index (χ1n) is 50.7. The molecule has 6 aromatic carbocycles. The highest BCUT2D eigenvalue weighted by atomic mass is 16.5. The molecule has 28 nitrogen and oxygen atoms in total. The van der Waals surface area contributed by atoms with Gasteiger partial charge in [0.15, 0.2) is 140 Å². The third-order valence-electron chi connectivity index (χ3n) is 40.5. The van der Waals surface area contributed by atoms with Crippen LogP contribution < -0.4 is 37.9 Å². The summed E-state index contributed by atoms with van der Waals surface area (Å²) in [4.78, 5) is 89.8. The van der Waals surface area contributed by atoms with E-state index in [2.05, 4.69) is 69.3 Å². The van der Waals surface area contributed by atoms with Crippen LogP contribution in [0.15, 0.2) is 85.5 Å². The van der Waals surface area contributed by atoms with Crippen LogP contribution in [-0.4, -0.2) is 295 Å². The van der Waals surface area contributed by atoms with Gasteiger partial charge in [0, 0.05) is 139 Å².